The Morgan fingerprint density at radius 3 is 2.26 bits per heavy atom. The van der Waals surface area contributed by atoms with Crippen LogP contribution in [0.3, 0.4) is 0 Å². The molecule has 0 aromatic heterocycles. The third kappa shape index (κ3) is 5.00. The lowest BCUT2D eigenvalue weighted by molar-refractivity contribution is -0.288. The van der Waals surface area contributed by atoms with E-state index in [1.165, 1.54) is 39.5 Å². The highest BCUT2D eigenvalue weighted by Gasteiger charge is 2.62. The summed E-state index contributed by atoms with van der Waals surface area (Å²) in [5.74, 6) is -0.219. The zero-order valence-corrected chi connectivity index (χ0v) is 23.6. The summed E-state index contributed by atoms with van der Waals surface area (Å²) >= 11 is 0. The number of carboxylic acids is 1. The lowest BCUT2D eigenvalue weighted by Gasteiger charge is -2.62. The van der Waals surface area contributed by atoms with Crippen molar-refractivity contribution < 1.29 is 38.4 Å². The van der Waals surface area contributed by atoms with Crippen LogP contribution in [-0.2, 0) is 33.3 Å². The van der Waals surface area contributed by atoms with Crippen LogP contribution in [0.2, 0.25) is 0 Å². The molecule has 0 radical (unpaired) electrons. The largest absolute Gasteiger partial charge is 0.481 e. The molecule has 1 saturated heterocycles. The van der Waals surface area contributed by atoms with Crippen molar-refractivity contribution in [3.05, 3.63) is 0 Å². The Morgan fingerprint density at radius 2 is 1.58 bits per heavy atom. The molecule has 4 aliphatic carbocycles. The van der Waals surface area contributed by atoms with E-state index in [4.69, 9.17) is 18.9 Å². The number of fused-ring (bicyclic) bond motifs is 5. The summed E-state index contributed by atoms with van der Waals surface area (Å²) in [6.45, 7) is 9.38. The zero-order valence-electron chi connectivity index (χ0n) is 23.6. The standard InChI is InChI=1S/C30H46O8/c1-16-24(36-17(2)31)15-25(37-18(3)32)28(35-16)38-20-8-12-30(5)19(13-20)14-21(27(33)34)26-22-7-6-10-29(22,4)11-9-23(26)30/h16,19-26,28H,6-15H2,1-5H3,(H,33,34)/t16-,19?,20?,21?,22-,23-,24+,25+,26-,28-,29-,30-/m0/s1. The molecule has 1 aliphatic heterocycles. The molecule has 0 bridgehead atoms. The molecular formula is C30H46O8. The molecule has 0 amide bonds. The van der Waals surface area contributed by atoms with Gasteiger partial charge in [-0.3, -0.25) is 14.4 Å². The van der Waals surface area contributed by atoms with Gasteiger partial charge in [-0.05, 0) is 92.8 Å². The van der Waals surface area contributed by atoms with Gasteiger partial charge >= 0.3 is 17.9 Å². The lowest BCUT2D eigenvalue weighted by atomic mass is 9.43. The molecule has 8 heteroatoms. The highest BCUT2D eigenvalue weighted by molar-refractivity contribution is 5.71. The summed E-state index contributed by atoms with van der Waals surface area (Å²) < 4.78 is 23.5. The minimum Gasteiger partial charge on any atom is -0.481 e. The molecule has 5 aliphatic rings. The van der Waals surface area contributed by atoms with E-state index in [1.807, 2.05) is 6.92 Å². The van der Waals surface area contributed by atoms with Crippen molar-refractivity contribution >= 4 is 17.9 Å². The number of aliphatic carboxylic acids is 1. The lowest BCUT2D eigenvalue weighted by Crippen LogP contribution is -2.58. The van der Waals surface area contributed by atoms with Crippen LogP contribution in [0.5, 0.6) is 0 Å². The number of hydrogen-bond acceptors (Lipinski definition) is 7. The van der Waals surface area contributed by atoms with Crippen molar-refractivity contribution in [3.63, 3.8) is 0 Å². The maximum atomic E-state index is 12.6. The minimum absolute atomic E-state index is 0.0973. The third-order valence-electron chi connectivity index (χ3n) is 11.4. The van der Waals surface area contributed by atoms with E-state index < -0.39 is 36.4 Å². The highest BCUT2D eigenvalue weighted by atomic mass is 16.7. The van der Waals surface area contributed by atoms with Crippen LogP contribution in [0.1, 0.15) is 98.8 Å². The molecule has 8 nitrogen and oxygen atoms in total. The molecule has 214 valence electrons. The van der Waals surface area contributed by atoms with Crippen molar-refractivity contribution in [1.82, 2.24) is 0 Å². The number of hydrogen-bond donors (Lipinski definition) is 1. The third-order valence-corrected chi connectivity index (χ3v) is 11.4. The Balaban J connectivity index is 1.31. The predicted octanol–water partition coefficient (Wildman–Crippen LogP) is 5.11. The SMILES string of the molecule is CC(=O)O[C@@H]1C[C@@H](OC(C)=O)[C@H](C)O[C@H]1OC1CC[C@@]2(C)C(C1)CC(C(=O)O)[C@H]1[C@@H]3CCC[C@@]3(C)CC[C@@H]12. The minimum atomic E-state index is -0.740. The van der Waals surface area contributed by atoms with E-state index in [0.717, 1.165) is 25.7 Å². The predicted molar refractivity (Wildman–Crippen MR) is 138 cm³/mol. The van der Waals surface area contributed by atoms with Crippen LogP contribution in [-0.4, -0.2) is 53.7 Å². The number of rotatable bonds is 5. The van der Waals surface area contributed by atoms with Gasteiger partial charge in [0.15, 0.2) is 12.4 Å². The van der Waals surface area contributed by atoms with E-state index in [9.17, 15) is 19.5 Å². The van der Waals surface area contributed by atoms with Crippen molar-refractivity contribution in [1.29, 1.82) is 0 Å². The first-order chi connectivity index (χ1) is 17.9. The Bertz CT molecular complexity index is 935. The second-order valence-corrected chi connectivity index (χ2v) is 13.5. The summed E-state index contributed by atoms with van der Waals surface area (Å²) in [6.07, 6.45) is 7.32. The zero-order chi connectivity index (χ0) is 27.4. The Hall–Kier alpha value is -1.67. The topological polar surface area (TPSA) is 108 Å². The van der Waals surface area contributed by atoms with Gasteiger partial charge in [-0.1, -0.05) is 20.3 Å². The monoisotopic (exact) mass is 534 g/mol. The average Bonchev–Trinajstić information content (AvgIpc) is 3.23. The van der Waals surface area contributed by atoms with Gasteiger partial charge in [0.2, 0.25) is 0 Å². The van der Waals surface area contributed by atoms with Gasteiger partial charge in [0, 0.05) is 20.3 Å². The summed E-state index contributed by atoms with van der Waals surface area (Å²) in [5, 5.41) is 10.4. The first-order valence-corrected chi connectivity index (χ1v) is 14.8. The highest BCUT2D eigenvalue weighted by Crippen LogP contribution is 2.67. The molecule has 3 unspecified atom stereocenters. The Labute approximate surface area is 226 Å². The molecule has 5 rings (SSSR count). The van der Waals surface area contributed by atoms with E-state index >= 15 is 0 Å². The van der Waals surface area contributed by atoms with Crippen molar-refractivity contribution in [2.45, 2.75) is 130 Å². The second kappa shape index (κ2) is 10.4. The van der Waals surface area contributed by atoms with Gasteiger partial charge in [-0.25, -0.2) is 0 Å². The summed E-state index contributed by atoms with van der Waals surface area (Å²) in [4.78, 5) is 36.0. The number of esters is 2. The Kier molecular flexibility index (Phi) is 7.62. The maximum absolute atomic E-state index is 12.6. The molecular weight excluding hydrogens is 488 g/mol. The molecule has 4 saturated carbocycles. The van der Waals surface area contributed by atoms with Gasteiger partial charge in [0.25, 0.3) is 0 Å². The van der Waals surface area contributed by atoms with E-state index in [-0.39, 0.29) is 35.4 Å². The number of carboxylic acid groups (broad SMARTS) is 1. The fourth-order valence-electron chi connectivity index (χ4n) is 9.50. The van der Waals surface area contributed by atoms with Crippen LogP contribution in [0.15, 0.2) is 0 Å². The van der Waals surface area contributed by atoms with E-state index in [0.29, 0.717) is 30.1 Å². The van der Waals surface area contributed by atoms with E-state index in [1.54, 1.807) is 0 Å². The number of ether oxygens (including phenoxy) is 4. The van der Waals surface area contributed by atoms with Crippen LogP contribution >= 0.6 is 0 Å². The maximum Gasteiger partial charge on any atom is 0.306 e. The fourth-order valence-corrected chi connectivity index (χ4v) is 9.50. The quantitative estimate of drug-likeness (QED) is 0.383. The molecule has 38 heavy (non-hydrogen) atoms. The first kappa shape index (κ1) is 27.9. The van der Waals surface area contributed by atoms with Gasteiger partial charge in [-0.15, -0.1) is 0 Å². The molecule has 5 fully saturated rings. The van der Waals surface area contributed by atoms with Gasteiger partial charge in [-0.2, -0.15) is 0 Å². The summed E-state index contributed by atoms with van der Waals surface area (Å²) in [7, 11) is 0. The molecule has 0 spiro atoms. The number of carbonyl (C=O) groups excluding carboxylic acids is 2. The van der Waals surface area contributed by atoms with E-state index in [2.05, 4.69) is 13.8 Å². The molecule has 12 atom stereocenters. The smallest absolute Gasteiger partial charge is 0.306 e. The molecule has 0 aromatic rings. The molecule has 0 aromatic carbocycles. The van der Waals surface area contributed by atoms with Crippen molar-refractivity contribution in [3.8, 4) is 0 Å². The van der Waals surface area contributed by atoms with Crippen LogP contribution in [0.25, 0.3) is 0 Å². The first-order valence-electron chi connectivity index (χ1n) is 14.8. The van der Waals surface area contributed by atoms with Crippen LogP contribution in [0, 0.1) is 40.4 Å². The average molecular weight is 535 g/mol. The molecule has 1 N–H and O–H groups in total. The molecule has 1 heterocycles. The number of carbonyl (C=O) groups is 3. The van der Waals surface area contributed by atoms with Crippen LogP contribution in [0.4, 0.5) is 0 Å². The summed E-state index contributed by atoms with van der Waals surface area (Å²) in [6, 6.07) is 0. The van der Waals surface area contributed by atoms with Crippen LogP contribution < -0.4 is 0 Å². The van der Waals surface area contributed by atoms with Gasteiger partial charge in [0.1, 0.15) is 6.10 Å². The fraction of sp³-hybridized carbons (Fsp3) is 0.900. The normalized spacial score (nSPS) is 48.2. The second-order valence-electron chi connectivity index (χ2n) is 13.5. The van der Waals surface area contributed by atoms with Gasteiger partial charge < -0.3 is 24.1 Å². The van der Waals surface area contributed by atoms with Gasteiger partial charge in [0.05, 0.1) is 18.1 Å². The van der Waals surface area contributed by atoms with Crippen molar-refractivity contribution in [2.24, 2.45) is 40.4 Å². The summed E-state index contributed by atoms with van der Waals surface area (Å²) in [5.41, 5.74) is 0.430. The Morgan fingerprint density at radius 1 is 0.868 bits per heavy atom. The van der Waals surface area contributed by atoms with Crippen molar-refractivity contribution in [2.75, 3.05) is 0 Å².